The van der Waals surface area contributed by atoms with E-state index in [4.69, 9.17) is 11.6 Å². The number of H-pyrrole nitrogens is 1. The Bertz CT molecular complexity index is 934. The molecule has 3 rings (SSSR count). The van der Waals surface area contributed by atoms with Gasteiger partial charge in [0, 0.05) is 5.02 Å². The molecule has 0 fully saturated rings. The molecule has 1 unspecified atom stereocenters. The number of hydrogen-bond donors (Lipinski definition) is 3. The summed E-state index contributed by atoms with van der Waals surface area (Å²) in [4.78, 5) is 32.5. The molecule has 0 aliphatic rings. The van der Waals surface area contributed by atoms with Gasteiger partial charge in [-0.1, -0.05) is 55.8 Å². The first-order valence-corrected chi connectivity index (χ1v) is 9.10. The third-order valence-electron chi connectivity index (χ3n) is 4.21. The van der Waals surface area contributed by atoms with Crippen molar-refractivity contribution in [3.8, 4) is 0 Å². The SMILES string of the molecule is CC(C)C(NC(=O)Cc1ccccc1Cl)C(=O)Nc1nc2ccccc2[nH]1. The fraction of sp³-hybridized carbons (Fsp3) is 0.250. The lowest BCUT2D eigenvalue weighted by Crippen LogP contribution is -2.47. The summed E-state index contributed by atoms with van der Waals surface area (Å²) >= 11 is 6.10. The molecule has 0 saturated heterocycles. The second kappa shape index (κ2) is 8.22. The summed E-state index contributed by atoms with van der Waals surface area (Å²) in [6, 6.07) is 14.0. The van der Waals surface area contributed by atoms with Crippen molar-refractivity contribution in [3.05, 3.63) is 59.1 Å². The van der Waals surface area contributed by atoms with Crippen LogP contribution in [0.5, 0.6) is 0 Å². The number of carbonyl (C=O) groups excluding carboxylic acids is 2. The van der Waals surface area contributed by atoms with Crippen molar-refractivity contribution in [1.82, 2.24) is 15.3 Å². The molecule has 1 aromatic heterocycles. The number of amides is 2. The molecule has 0 aliphatic carbocycles. The third kappa shape index (κ3) is 4.65. The number of aromatic nitrogens is 2. The Morgan fingerprint density at radius 3 is 2.52 bits per heavy atom. The summed E-state index contributed by atoms with van der Waals surface area (Å²) in [5.41, 5.74) is 2.31. The van der Waals surface area contributed by atoms with Crippen LogP contribution in [0.2, 0.25) is 5.02 Å². The lowest BCUT2D eigenvalue weighted by Gasteiger charge is -2.21. The third-order valence-corrected chi connectivity index (χ3v) is 4.57. The predicted octanol–water partition coefficient (Wildman–Crippen LogP) is 3.54. The van der Waals surface area contributed by atoms with E-state index in [0.717, 1.165) is 16.6 Å². The Morgan fingerprint density at radius 1 is 1.11 bits per heavy atom. The number of rotatable bonds is 6. The van der Waals surface area contributed by atoms with Gasteiger partial charge in [0.05, 0.1) is 17.5 Å². The van der Waals surface area contributed by atoms with E-state index in [2.05, 4.69) is 20.6 Å². The number of nitrogens with one attached hydrogen (secondary N) is 3. The van der Waals surface area contributed by atoms with E-state index in [1.165, 1.54) is 0 Å². The Hall–Kier alpha value is -2.86. The molecule has 0 spiro atoms. The Kier molecular flexibility index (Phi) is 5.76. The topological polar surface area (TPSA) is 86.9 Å². The van der Waals surface area contributed by atoms with Gasteiger partial charge in [0.2, 0.25) is 17.8 Å². The highest BCUT2D eigenvalue weighted by molar-refractivity contribution is 6.31. The number of aromatic amines is 1. The number of anilines is 1. The number of halogens is 1. The minimum Gasteiger partial charge on any atom is -0.344 e. The highest BCUT2D eigenvalue weighted by atomic mass is 35.5. The summed E-state index contributed by atoms with van der Waals surface area (Å²) in [6.45, 7) is 3.75. The molecule has 27 heavy (non-hydrogen) atoms. The molecular formula is C20H21ClN4O2. The minimum absolute atomic E-state index is 0.0930. The number of benzene rings is 2. The molecule has 2 aromatic carbocycles. The second-order valence-electron chi connectivity index (χ2n) is 6.65. The first kappa shape index (κ1) is 18.9. The van der Waals surface area contributed by atoms with Crippen molar-refractivity contribution < 1.29 is 9.59 Å². The van der Waals surface area contributed by atoms with Gasteiger partial charge in [0.25, 0.3) is 0 Å². The molecule has 1 atom stereocenters. The van der Waals surface area contributed by atoms with E-state index >= 15 is 0 Å². The van der Waals surface area contributed by atoms with Crippen molar-refractivity contribution in [2.24, 2.45) is 5.92 Å². The Labute approximate surface area is 162 Å². The fourth-order valence-corrected chi connectivity index (χ4v) is 2.98. The smallest absolute Gasteiger partial charge is 0.249 e. The van der Waals surface area contributed by atoms with E-state index in [1.54, 1.807) is 18.2 Å². The summed E-state index contributed by atoms with van der Waals surface area (Å²) in [5, 5.41) is 6.07. The number of imidazole rings is 1. The molecule has 140 valence electrons. The van der Waals surface area contributed by atoms with Crippen LogP contribution < -0.4 is 10.6 Å². The predicted molar refractivity (Wildman–Crippen MR) is 107 cm³/mol. The summed E-state index contributed by atoms with van der Waals surface area (Å²) < 4.78 is 0. The molecule has 0 saturated carbocycles. The normalized spacial score (nSPS) is 12.1. The largest absolute Gasteiger partial charge is 0.344 e. The summed E-state index contributed by atoms with van der Waals surface area (Å²) in [6.07, 6.45) is 0.112. The number of hydrogen-bond acceptors (Lipinski definition) is 3. The minimum atomic E-state index is -0.687. The van der Waals surface area contributed by atoms with Gasteiger partial charge >= 0.3 is 0 Å². The van der Waals surface area contributed by atoms with Crippen LogP contribution in [0.25, 0.3) is 11.0 Å². The Morgan fingerprint density at radius 2 is 1.81 bits per heavy atom. The van der Waals surface area contributed by atoms with Crippen LogP contribution in [-0.4, -0.2) is 27.8 Å². The van der Waals surface area contributed by atoms with Gasteiger partial charge in [-0.25, -0.2) is 4.98 Å². The van der Waals surface area contributed by atoms with Crippen LogP contribution >= 0.6 is 11.6 Å². The molecule has 0 aliphatic heterocycles. The molecule has 1 heterocycles. The van der Waals surface area contributed by atoms with Gasteiger partial charge in [0.1, 0.15) is 6.04 Å². The van der Waals surface area contributed by atoms with Crippen molar-refractivity contribution >= 4 is 40.4 Å². The molecule has 0 bridgehead atoms. The van der Waals surface area contributed by atoms with Gasteiger partial charge in [-0.05, 0) is 29.7 Å². The van der Waals surface area contributed by atoms with Gasteiger partial charge < -0.3 is 10.3 Å². The molecule has 0 radical (unpaired) electrons. The second-order valence-corrected chi connectivity index (χ2v) is 7.06. The highest BCUT2D eigenvalue weighted by Gasteiger charge is 2.25. The molecule has 3 aromatic rings. The van der Waals surface area contributed by atoms with Crippen LogP contribution in [0.4, 0.5) is 5.95 Å². The Balaban J connectivity index is 1.68. The van der Waals surface area contributed by atoms with Crippen molar-refractivity contribution in [1.29, 1.82) is 0 Å². The zero-order chi connectivity index (χ0) is 19.4. The molecule has 3 N–H and O–H groups in total. The summed E-state index contributed by atoms with van der Waals surface area (Å²) in [5.74, 6) is -0.324. The fourth-order valence-electron chi connectivity index (χ4n) is 2.78. The van der Waals surface area contributed by atoms with Gasteiger partial charge in [-0.15, -0.1) is 0 Å². The van der Waals surface area contributed by atoms with Crippen LogP contribution in [-0.2, 0) is 16.0 Å². The maximum atomic E-state index is 12.7. The van der Waals surface area contributed by atoms with Crippen LogP contribution in [0.15, 0.2) is 48.5 Å². The molecule has 2 amide bonds. The van der Waals surface area contributed by atoms with E-state index in [-0.39, 0.29) is 24.2 Å². The van der Waals surface area contributed by atoms with E-state index in [1.807, 2.05) is 44.2 Å². The van der Waals surface area contributed by atoms with E-state index in [9.17, 15) is 9.59 Å². The molecule has 6 nitrogen and oxygen atoms in total. The first-order chi connectivity index (χ1) is 12.9. The van der Waals surface area contributed by atoms with E-state index < -0.39 is 6.04 Å². The zero-order valence-corrected chi connectivity index (χ0v) is 15.9. The average molecular weight is 385 g/mol. The number of fused-ring (bicyclic) bond motifs is 1. The van der Waals surface area contributed by atoms with Crippen LogP contribution in [0, 0.1) is 5.92 Å². The highest BCUT2D eigenvalue weighted by Crippen LogP contribution is 2.16. The number of nitrogens with zero attached hydrogens (tertiary/aromatic N) is 1. The van der Waals surface area contributed by atoms with Crippen molar-refractivity contribution in [2.75, 3.05) is 5.32 Å². The molecule has 7 heteroatoms. The van der Waals surface area contributed by atoms with E-state index in [0.29, 0.717) is 11.0 Å². The quantitative estimate of drug-likeness (QED) is 0.607. The van der Waals surface area contributed by atoms with Gasteiger partial charge in [0.15, 0.2) is 0 Å². The lowest BCUT2D eigenvalue weighted by molar-refractivity contribution is -0.127. The lowest BCUT2D eigenvalue weighted by atomic mass is 10.0. The number of carbonyl (C=O) groups is 2. The van der Waals surface area contributed by atoms with Crippen molar-refractivity contribution in [3.63, 3.8) is 0 Å². The van der Waals surface area contributed by atoms with Crippen LogP contribution in [0.1, 0.15) is 19.4 Å². The number of para-hydroxylation sites is 2. The standard InChI is InChI=1S/C20H21ClN4O2/c1-12(2)18(24-17(26)11-13-7-3-4-8-14(13)21)19(27)25-20-22-15-9-5-6-10-16(15)23-20/h3-10,12,18H,11H2,1-2H3,(H,24,26)(H2,22,23,25,27). The molecular weight excluding hydrogens is 364 g/mol. The maximum absolute atomic E-state index is 12.7. The van der Waals surface area contributed by atoms with Gasteiger partial charge in [-0.3, -0.25) is 14.9 Å². The zero-order valence-electron chi connectivity index (χ0n) is 15.1. The summed E-state index contributed by atoms with van der Waals surface area (Å²) in [7, 11) is 0. The maximum Gasteiger partial charge on any atom is 0.249 e. The van der Waals surface area contributed by atoms with Gasteiger partial charge in [-0.2, -0.15) is 0 Å². The van der Waals surface area contributed by atoms with Crippen LogP contribution in [0.3, 0.4) is 0 Å². The van der Waals surface area contributed by atoms with Crippen molar-refractivity contribution in [2.45, 2.75) is 26.3 Å². The first-order valence-electron chi connectivity index (χ1n) is 8.72. The monoisotopic (exact) mass is 384 g/mol. The average Bonchev–Trinajstić information content (AvgIpc) is 3.03.